The van der Waals surface area contributed by atoms with Crippen molar-refractivity contribution in [3.05, 3.63) is 65.7 Å². The maximum Gasteiger partial charge on any atom is 0.237 e. The molecule has 3 rings (SSSR count). The summed E-state index contributed by atoms with van der Waals surface area (Å²) in [5.74, 6) is 0.153. The van der Waals surface area contributed by atoms with Crippen LogP contribution in [0.3, 0.4) is 0 Å². The lowest BCUT2D eigenvalue weighted by Crippen LogP contribution is -2.53. The largest absolute Gasteiger partial charge is 0.369 e. The molecule has 5 heteroatoms. The smallest absolute Gasteiger partial charge is 0.237 e. The first kappa shape index (κ1) is 19.1. The number of piperazine rings is 1. The number of benzene rings is 2. The molecule has 1 heterocycles. The molecule has 0 aliphatic carbocycles. The third kappa shape index (κ3) is 4.95. The van der Waals surface area contributed by atoms with Gasteiger partial charge >= 0.3 is 0 Å². The van der Waals surface area contributed by atoms with Gasteiger partial charge in [-0.05, 0) is 43.7 Å². The molecule has 1 aliphatic rings. The molecule has 2 aromatic carbocycles. The minimum atomic E-state index is -0.143. The first-order valence-corrected chi connectivity index (χ1v) is 9.46. The van der Waals surface area contributed by atoms with E-state index in [-0.39, 0.29) is 17.7 Å². The van der Waals surface area contributed by atoms with E-state index in [1.54, 1.807) is 6.92 Å². The molecule has 0 bridgehead atoms. The Kier molecular flexibility index (Phi) is 6.24. The third-order valence-electron chi connectivity index (χ3n) is 5.19. The lowest BCUT2D eigenvalue weighted by Gasteiger charge is -2.38. The van der Waals surface area contributed by atoms with Crippen LogP contribution in [0.25, 0.3) is 0 Å². The van der Waals surface area contributed by atoms with Crippen molar-refractivity contribution in [3.63, 3.8) is 0 Å². The number of carbonyl (C=O) groups excluding carboxylic acids is 2. The van der Waals surface area contributed by atoms with Crippen LogP contribution in [0.2, 0.25) is 0 Å². The van der Waals surface area contributed by atoms with Crippen molar-refractivity contribution < 1.29 is 9.59 Å². The molecule has 1 saturated heterocycles. The van der Waals surface area contributed by atoms with Gasteiger partial charge in [0.1, 0.15) is 0 Å². The normalized spacial score (nSPS) is 16.0. The summed E-state index contributed by atoms with van der Waals surface area (Å²) in [7, 11) is 0. The second kappa shape index (κ2) is 8.82. The lowest BCUT2D eigenvalue weighted by molar-refractivity contribution is -0.126. The van der Waals surface area contributed by atoms with Crippen LogP contribution in [0.1, 0.15) is 29.8 Å². The Balaban J connectivity index is 1.49. The molecule has 0 spiro atoms. The minimum absolute atomic E-state index is 0.0677. The number of carbonyl (C=O) groups is 2. The standard InChI is InChI=1S/C22H27N3O2/c1-17(22(27)23-16-19-6-4-3-5-7-19)24-12-14-25(15-13-24)21-10-8-20(9-11-21)18(2)26/h3-11,17H,12-16H2,1-2H3,(H,23,27)/t17-/m0/s1. The number of anilines is 1. The molecule has 1 amide bonds. The quantitative estimate of drug-likeness (QED) is 0.800. The van der Waals surface area contributed by atoms with Gasteiger partial charge in [0.2, 0.25) is 5.91 Å². The Morgan fingerprint density at radius 2 is 1.59 bits per heavy atom. The summed E-state index contributed by atoms with van der Waals surface area (Å²) in [6.07, 6.45) is 0. The lowest BCUT2D eigenvalue weighted by atomic mass is 10.1. The van der Waals surface area contributed by atoms with E-state index in [0.717, 1.165) is 43.0 Å². The van der Waals surface area contributed by atoms with Gasteiger partial charge in [-0.2, -0.15) is 0 Å². The van der Waals surface area contributed by atoms with E-state index in [9.17, 15) is 9.59 Å². The van der Waals surface area contributed by atoms with Crippen LogP contribution in [0.4, 0.5) is 5.69 Å². The van der Waals surface area contributed by atoms with Gasteiger partial charge in [-0.15, -0.1) is 0 Å². The van der Waals surface area contributed by atoms with Crippen molar-refractivity contribution in [2.24, 2.45) is 0 Å². The van der Waals surface area contributed by atoms with E-state index in [4.69, 9.17) is 0 Å². The highest BCUT2D eigenvalue weighted by molar-refractivity contribution is 5.94. The Morgan fingerprint density at radius 3 is 2.19 bits per heavy atom. The number of hydrogen-bond acceptors (Lipinski definition) is 4. The van der Waals surface area contributed by atoms with Crippen molar-refractivity contribution in [2.45, 2.75) is 26.4 Å². The first-order chi connectivity index (χ1) is 13.0. The third-order valence-corrected chi connectivity index (χ3v) is 5.19. The Bertz CT molecular complexity index is 766. The van der Waals surface area contributed by atoms with Gasteiger partial charge in [0.25, 0.3) is 0 Å². The average Bonchev–Trinajstić information content (AvgIpc) is 2.72. The molecule has 142 valence electrons. The Labute approximate surface area is 161 Å². The maximum atomic E-state index is 12.5. The van der Waals surface area contributed by atoms with Crippen LogP contribution >= 0.6 is 0 Å². The molecule has 0 saturated carbocycles. The summed E-state index contributed by atoms with van der Waals surface area (Å²) in [6, 6.07) is 17.6. The van der Waals surface area contributed by atoms with Crippen LogP contribution in [0.5, 0.6) is 0 Å². The van der Waals surface area contributed by atoms with Gasteiger partial charge in [-0.3, -0.25) is 14.5 Å². The van der Waals surface area contributed by atoms with Gasteiger partial charge in [-0.1, -0.05) is 30.3 Å². The van der Waals surface area contributed by atoms with Crippen LogP contribution < -0.4 is 10.2 Å². The zero-order valence-electron chi connectivity index (χ0n) is 16.0. The topological polar surface area (TPSA) is 52.7 Å². The van der Waals surface area contributed by atoms with Crippen molar-refractivity contribution in [3.8, 4) is 0 Å². The molecule has 1 atom stereocenters. The van der Waals surface area contributed by atoms with Gasteiger partial charge in [-0.25, -0.2) is 0 Å². The van der Waals surface area contributed by atoms with Crippen molar-refractivity contribution in [1.29, 1.82) is 0 Å². The number of amides is 1. The molecular formula is C22H27N3O2. The molecule has 0 radical (unpaired) electrons. The summed E-state index contributed by atoms with van der Waals surface area (Å²) in [5, 5.41) is 3.03. The van der Waals surface area contributed by atoms with Crippen molar-refractivity contribution in [2.75, 3.05) is 31.1 Å². The van der Waals surface area contributed by atoms with Crippen LogP contribution in [-0.2, 0) is 11.3 Å². The summed E-state index contributed by atoms with van der Waals surface area (Å²) < 4.78 is 0. The average molecular weight is 365 g/mol. The van der Waals surface area contributed by atoms with E-state index in [0.29, 0.717) is 6.54 Å². The number of nitrogens with zero attached hydrogens (tertiary/aromatic N) is 2. The molecule has 0 aromatic heterocycles. The van der Waals surface area contributed by atoms with E-state index < -0.39 is 0 Å². The predicted octanol–water partition coefficient (Wildman–Crippen LogP) is 2.72. The van der Waals surface area contributed by atoms with Gasteiger partial charge in [0, 0.05) is 44.0 Å². The summed E-state index contributed by atoms with van der Waals surface area (Å²) in [4.78, 5) is 28.4. The van der Waals surface area contributed by atoms with Crippen LogP contribution in [-0.4, -0.2) is 48.8 Å². The fraction of sp³-hybridized carbons (Fsp3) is 0.364. The highest BCUT2D eigenvalue weighted by Crippen LogP contribution is 2.18. The van der Waals surface area contributed by atoms with Gasteiger partial charge in [0.15, 0.2) is 5.78 Å². The summed E-state index contributed by atoms with van der Waals surface area (Å²) in [5.41, 5.74) is 2.97. The second-order valence-corrected chi connectivity index (χ2v) is 7.01. The predicted molar refractivity (Wildman–Crippen MR) is 108 cm³/mol. The van der Waals surface area contributed by atoms with Crippen molar-refractivity contribution >= 4 is 17.4 Å². The molecule has 2 aromatic rings. The van der Waals surface area contributed by atoms with Gasteiger partial charge in [0.05, 0.1) is 6.04 Å². The highest BCUT2D eigenvalue weighted by Gasteiger charge is 2.25. The fourth-order valence-corrected chi connectivity index (χ4v) is 3.37. The van der Waals surface area contributed by atoms with E-state index in [1.165, 1.54) is 0 Å². The highest BCUT2D eigenvalue weighted by atomic mass is 16.2. The SMILES string of the molecule is CC(=O)c1ccc(N2CCN([C@@H](C)C(=O)NCc3ccccc3)CC2)cc1. The van der Waals surface area contributed by atoms with Crippen LogP contribution in [0, 0.1) is 0 Å². The Hall–Kier alpha value is -2.66. The van der Waals surface area contributed by atoms with E-state index in [1.807, 2.05) is 61.5 Å². The summed E-state index contributed by atoms with van der Waals surface area (Å²) >= 11 is 0. The number of hydrogen-bond donors (Lipinski definition) is 1. The van der Waals surface area contributed by atoms with E-state index >= 15 is 0 Å². The number of Topliss-reactive ketones (excluding diaryl/α,β-unsaturated/α-hetero) is 1. The molecular weight excluding hydrogens is 338 g/mol. The first-order valence-electron chi connectivity index (χ1n) is 9.46. The number of nitrogens with one attached hydrogen (secondary N) is 1. The van der Waals surface area contributed by atoms with Crippen LogP contribution in [0.15, 0.2) is 54.6 Å². The molecule has 1 N–H and O–H groups in total. The van der Waals surface area contributed by atoms with E-state index in [2.05, 4.69) is 15.1 Å². The number of ketones is 1. The molecule has 0 unspecified atom stereocenters. The molecule has 27 heavy (non-hydrogen) atoms. The molecule has 1 fully saturated rings. The number of rotatable bonds is 6. The molecule has 5 nitrogen and oxygen atoms in total. The van der Waals surface area contributed by atoms with Crippen molar-refractivity contribution in [1.82, 2.24) is 10.2 Å². The monoisotopic (exact) mass is 365 g/mol. The van der Waals surface area contributed by atoms with Gasteiger partial charge < -0.3 is 10.2 Å². The zero-order chi connectivity index (χ0) is 19.2. The fourth-order valence-electron chi connectivity index (χ4n) is 3.37. The minimum Gasteiger partial charge on any atom is -0.369 e. The summed E-state index contributed by atoms with van der Waals surface area (Å²) in [6.45, 7) is 7.54. The second-order valence-electron chi connectivity index (χ2n) is 7.01. The maximum absolute atomic E-state index is 12.5. The Morgan fingerprint density at radius 1 is 0.963 bits per heavy atom. The zero-order valence-corrected chi connectivity index (χ0v) is 16.0. The molecule has 1 aliphatic heterocycles.